The van der Waals surface area contributed by atoms with E-state index in [1.54, 1.807) is 19.2 Å². The summed E-state index contributed by atoms with van der Waals surface area (Å²) in [5.41, 5.74) is 6.33. The van der Waals surface area contributed by atoms with Crippen LogP contribution in [0.15, 0.2) is 24.3 Å². The van der Waals surface area contributed by atoms with Crippen molar-refractivity contribution in [1.82, 2.24) is 0 Å². The molecule has 0 spiro atoms. The van der Waals surface area contributed by atoms with Crippen molar-refractivity contribution in [3.63, 3.8) is 0 Å². The van der Waals surface area contributed by atoms with E-state index < -0.39 is 6.04 Å². The third-order valence-corrected chi connectivity index (χ3v) is 2.57. The first kappa shape index (κ1) is 13.6. The average molecular weight is 238 g/mol. The van der Waals surface area contributed by atoms with Gasteiger partial charge in [0.1, 0.15) is 5.82 Å². The Morgan fingerprint density at radius 1 is 1.47 bits per heavy atom. The molecule has 0 saturated heterocycles. The molecule has 0 fully saturated rings. The SMILES string of the molecule is CC(C)C[C@H](N)C(=O)N(C)c1cccc(F)c1. The van der Waals surface area contributed by atoms with Crippen molar-refractivity contribution in [3.8, 4) is 0 Å². The molecule has 4 heteroatoms. The number of halogens is 1. The van der Waals surface area contributed by atoms with Gasteiger partial charge in [-0.2, -0.15) is 0 Å². The Morgan fingerprint density at radius 2 is 2.12 bits per heavy atom. The predicted octanol–water partition coefficient (Wildman–Crippen LogP) is 2.16. The molecule has 94 valence electrons. The van der Waals surface area contributed by atoms with Gasteiger partial charge in [-0.3, -0.25) is 4.79 Å². The van der Waals surface area contributed by atoms with Crippen molar-refractivity contribution in [3.05, 3.63) is 30.1 Å². The molecule has 17 heavy (non-hydrogen) atoms. The van der Waals surface area contributed by atoms with Gasteiger partial charge in [-0.15, -0.1) is 0 Å². The molecule has 0 unspecified atom stereocenters. The number of amides is 1. The van der Waals surface area contributed by atoms with Crippen LogP contribution in [0.5, 0.6) is 0 Å². The number of likely N-dealkylation sites (N-methyl/N-ethyl adjacent to an activating group) is 1. The lowest BCUT2D eigenvalue weighted by Crippen LogP contribution is -2.42. The Kier molecular flexibility index (Phi) is 4.63. The van der Waals surface area contributed by atoms with Gasteiger partial charge in [0.15, 0.2) is 0 Å². The Hall–Kier alpha value is -1.42. The van der Waals surface area contributed by atoms with Crippen LogP contribution in [-0.4, -0.2) is 19.0 Å². The molecule has 0 bridgehead atoms. The highest BCUT2D eigenvalue weighted by Crippen LogP contribution is 2.16. The molecule has 3 nitrogen and oxygen atoms in total. The third kappa shape index (κ3) is 3.82. The normalized spacial score (nSPS) is 12.6. The maximum atomic E-state index is 13.0. The minimum Gasteiger partial charge on any atom is -0.320 e. The zero-order valence-corrected chi connectivity index (χ0v) is 10.5. The van der Waals surface area contributed by atoms with E-state index in [-0.39, 0.29) is 11.7 Å². The number of hydrogen-bond acceptors (Lipinski definition) is 2. The van der Waals surface area contributed by atoms with Crippen LogP contribution >= 0.6 is 0 Å². The summed E-state index contributed by atoms with van der Waals surface area (Å²) in [6.45, 7) is 4.02. The summed E-state index contributed by atoms with van der Waals surface area (Å²) in [5, 5.41) is 0. The number of benzene rings is 1. The van der Waals surface area contributed by atoms with E-state index in [4.69, 9.17) is 5.73 Å². The van der Waals surface area contributed by atoms with Gasteiger partial charge in [-0.05, 0) is 30.5 Å². The van der Waals surface area contributed by atoms with Gasteiger partial charge >= 0.3 is 0 Å². The Labute approximate surface area is 101 Å². The minimum atomic E-state index is -0.539. The van der Waals surface area contributed by atoms with Crippen LogP contribution in [0.2, 0.25) is 0 Å². The van der Waals surface area contributed by atoms with Gasteiger partial charge in [-0.1, -0.05) is 19.9 Å². The van der Waals surface area contributed by atoms with Gasteiger partial charge in [-0.25, -0.2) is 4.39 Å². The summed E-state index contributed by atoms with van der Waals surface area (Å²) in [5.74, 6) is -0.196. The molecule has 1 amide bonds. The summed E-state index contributed by atoms with van der Waals surface area (Å²) in [7, 11) is 1.61. The van der Waals surface area contributed by atoms with E-state index in [9.17, 15) is 9.18 Å². The molecule has 0 aliphatic rings. The van der Waals surface area contributed by atoms with Crippen molar-refractivity contribution < 1.29 is 9.18 Å². The van der Waals surface area contributed by atoms with Crippen LogP contribution in [-0.2, 0) is 4.79 Å². The lowest BCUT2D eigenvalue weighted by molar-refractivity contribution is -0.119. The third-order valence-electron chi connectivity index (χ3n) is 2.57. The summed E-state index contributed by atoms with van der Waals surface area (Å²) in [4.78, 5) is 13.4. The van der Waals surface area contributed by atoms with Crippen molar-refractivity contribution in [2.45, 2.75) is 26.3 Å². The van der Waals surface area contributed by atoms with E-state index in [1.165, 1.54) is 17.0 Å². The molecule has 0 saturated carbocycles. The molecular formula is C13H19FN2O. The second-order valence-electron chi connectivity index (χ2n) is 4.61. The van der Waals surface area contributed by atoms with Crippen molar-refractivity contribution >= 4 is 11.6 Å². The fourth-order valence-electron chi connectivity index (χ4n) is 1.67. The van der Waals surface area contributed by atoms with Crippen LogP contribution in [0.4, 0.5) is 10.1 Å². The average Bonchev–Trinajstić information content (AvgIpc) is 2.26. The van der Waals surface area contributed by atoms with Crippen LogP contribution in [0.3, 0.4) is 0 Å². The summed E-state index contributed by atoms with van der Waals surface area (Å²) < 4.78 is 13.0. The number of carbonyl (C=O) groups excluding carboxylic acids is 1. The Morgan fingerprint density at radius 3 is 2.65 bits per heavy atom. The first-order chi connectivity index (χ1) is 7.91. The van der Waals surface area contributed by atoms with Gasteiger partial charge in [0.05, 0.1) is 6.04 Å². The van der Waals surface area contributed by atoms with Gasteiger partial charge < -0.3 is 10.6 Å². The molecule has 1 rings (SSSR count). The molecule has 0 heterocycles. The van der Waals surface area contributed by atoms with Crippen LogP contribution in [0.1, 0.15) is 20.3 Å². The molecule has 1 aromatic rings. The molecule has 0 aromatic heterocycles. The highest BCUT2D eigenvalue weighted by Gasteiger charge is 2.20. The molecule has 1 aromatic carbocycles. The Balaban J connectivity index is 2.76. The van der Waals surface area contributed by atoms with Gasteiger partial charge in [0, 0.05) is 12.7 Å². The molecule has 2 N–H and O–H groups in total. The maximum absolute atomic E-state index is 13.0. The number of rotatable bonds is 4. The number of nitrogens with zero attached hydrogens (tertiary/aromatic N) is 1. The number of nitrogens with two attached hydrogens (primary N) is 1. The van der Waals surface area contributed by atoms with Crippen molar-refractivity contribution in [2.75, 3.05) is 11.9 Å². The highest BCUT2D eigenvalue weighted by atomic mass is 19.1. The predicted molar refractivity (Wildman–Crippen MR) is 67.2 cm³/mol. The first-order valence-corrected chi connectivity index (χ1v) is 5.70. The van der Waals surface area contributed by atoms with Crippen molar-refractivity contribution in [1.29, 1.82) is 0 Å². The van der Waals surface area contributed by atoms with E-state index in [0.29, 0.717) is 18.0 Å². The second-order valence-corrected chi connectivity index (χ2v) is 4.61. The van der Waals surface area contributed by atoms with E-state index >= 15 is 0 Å². The van der Waals surface area contributed by atoms with Crippen LogP contribution in [0.25, 0.3) is 0 Å². The van der Waals surface area contributed by atoms with Crippen molar-refractivity contribution in [2.24, 2.45) is 11.7 Å². The largest absolute Gasteiger partial charge is 0.320 e. The van der Waals surface area contributed by atoms with Gasteiger partial charge in [0.25, 0.3) is 0 Å². The molecule has 0 aliphatic heterocycles. The van der Waals surface area contributed by atoms with Gasteiger partial charge in [0.2, 0.25) is 5.91 Å². The van der Waals surface area contributed by atoms with E-state index in [0.717, 1.165) is 0 Å². The first-order valence-electron chi connectivity index (χ1n) is 5.70. The molecule has 0 radical (unpaired) electrons. The lowest BCUT2D eigenvalue weighted by Gasteiger charge is -2.22. The fraction of sp³-hybridized carbons (Fsp3) is 0.462. The molecular weight excluding hydrogens is 219 g/mol. The fourth-order valence-corrected chi connectivity index (χ4v) is 1.67. The number of hydrogen-bond donors (Lipinski definition) is 1. The zero-order valence-electron chi connectivity index (χ0n) is 10.5. The standard InChI is InChI=1S/C13H19FN2O/c1-9(2)7-12(15)13(17)16(3)11-6-4-5-10(14)8-11/h4-6,8-9,12H,7,15H2,1-3H3/t12-/m0/s1. The Bertz CT molecular complexity index is 393. The summed E-state index contributed by atoms with van der Waals surface area (Å²) in [6.07, 6.45) is 0.624. The minimum absolute atomic E-state index is 0.190. The number of anilines is 1. The highest BCUT2D eigenvalue weighted by molar-refractivity contribution is 5.96. The summed E-state index contributed by atoms with van der Waals surface area (Å²) >= 11 is 0. The topological polar surface area (TPSA) is 46.3 Å². The van der Waals surface area contributed by atoms with Crippen LogP contribution in [0, 0.1) is 11.7 Å². The second kappa shape index (κ2) is 5.77. The zero-order chi connectivity index (χ0) is 13.0. The number of carbonyl (C=O) groups is 1. The summed E-state index contributed by atoms with van der Waals surface area (Å²) in [6, 6.07) is 5.38. The van der Waals surface area contributed by atoms with Crippen LogP contribution < -0.4 is 10.6 Å². The lowest BCUT2D eigenvalue weighted by atomic mass is 10.0. The quantitative estimate of drug-likeness (QED) is 0.873. The maximum Gasteiger partial charge on any atom is 0.243 e. The molecule has 1 atom stereocenters. The van der Waals surface area contributed by atoms with E-state index in [1.807, 2.05) is 13.8 Å². The smallest absolute Gasteiger partial charge is 0.243 e. The monoisotopic (exact) mass is 238 g/mol. The van der Waals surface area contributed by atoms with E-state index in [2.05, 4.69) is 0 Å². The molecule has 0 aliphatic carbocycles.